The van der Waals surface area contributed by atoms with Gasteiger partial charge in [-0.25, -0.2) is 0 Å². The monoisotopic (exact) mass is 256 g/mol. The zero-order chi connectivity index (χ0) is 13.2. The quantitative estimate of drug-likeness (QED) is 0.912. The third-order valence-corrected chi connectivity index (χ3v) is 4.04. The molecule has 0 bridgehead atoms. The molecule has 1 unspecified atom stereocenters. The van der Waals surface area contributed by atoms with Crippen molar-refractivity contribution in [2.45, 2.75) is 12.6 Å². The van der Waals surface area contributed by atoms with Crippen LogP contribution in [0, 0.1) is 0 Å². The Labute approximate surface area is 114 Å². The van der Waals surface area contributed by atoms with Crippen molar-refractivity contribution in [3.63, 3.8) is 0 Å². The Morgan fingerprint density at radius 2 is 2.11 bits per heavy atom. The van der Waals surface area contributed by atoms with Gasteiger partial charge in [0.15, 0.2) is 0 Å². The van der Waals surface area contributed by atoms with Crippen LogP contribution in [0.3, 0.4) is 0 Å². The van der Waals surface area contributed by atoms with E-state index in [2.05, 4.69) is 41.3 Å². The molecule has 2 N–H and O–H groups in total. The van der Waals surface area contributed by atoms with Crippen molar-refractivity contribution in [1.29, 1.82) is 0 Å². The van der Waals surface area contributed by atoms with Crippen LogP contribution >= 0.6 is 0 Å². The molecule has 0 amide bonds. The standard InChI is InChI=1S/C16H20N2O/c1-19-9-8-18-11-15-13-5-3-2-4-12(13)6-7-14(15)16(18)10-17/h2-7,16H,8-11,17H2,1H3. The van der Waals surface area contributed by atoms with E-state index in [0.717, 1.165) is 19.7 Å². The maximum atomic E-state index is 5.97. The Kier molecular flexibility index (Phi) is 3.51. The third kappa shape index (κ3) is 2.14. The summed E-state index contributed by atoms with van der Waals surface area (Å²) >= 11 is 0. The second-order valence-electron chi connectivity index (χ2n) is 5.07. The molecule has 1 heterocycles. The molecule has 1 aliphatic heterocycles. The van der Waals surface area contributed by atoms with E-state index in [-0.39, 0.29) is 0 Å². The summed E-state index contributed by atoms with van der Waals surface area (Å²) in [5.74, 6) is 0. The zero-order valence-corrected chi connectivity index (χ0v) is 11.3. The van der Waals surface area contributed by atoms with Crippen LogP contribution < -0.4 is 5.73 Å². The normalized spacial score (nSPS) is 18.9. The first kappa shape index (κ1) is 12.6. The summed E-state index contributed by atoms with van der Waals surface area (Å²) in [4.78, 5) is 2.42. The van der Waals surface area contributed by atoms with E-state index in [1.165, 1.54) is 21.9 Å². The molecule has 0 radical (unpaired) electrons. The minimum absolute atomic E-state index is 0.328. The van der Waals surface area contributed by atoms with Gasteiger partial charge in [-0.15, -0.1) is 0 Å². The fourth-order valence-corrected chi connectivity index (χ4v) is 3.07. The van der Waals surface area contributed by atoms with Crippen LogP contribution in [-0.4, -0.2) is 31.7 Å². The van der Waals surface area contributed by atoms with Gasteiger partial charge >= 0.3 is 0 Å². The van der Waals surface area contributed by atoms with Crippen LogP contribution in [-0.2, 0) is 11.3 Å². The maximum Gasteiger partial charge on any atom is 0.0590 e. The highest BCUT2D eigenvalue weighted by molar-refractivity contribution is 5.87. The van der Waals surface area contributed by atoms with E-state index in [9.17, 15) is 0 Å². The number of fused-ring (bicyclic) bond motifs is 3. The molecule has 3 rings (SSSR count). The molecule has 3 nitrogen and oxygen atoms in total. The Morgan fingerprint density at radius 1 is 1.26 bits per heavy atom. The molecule has 0 fully saturated rings. The fourth-order valence-electron chi connectivity index (χ4n) is 3.07. The largest absolute Gasteiger partial charge is 0.383 e. The summed E-state index contributed by atoms with van der Waals surface area (Å²) in [5, 5.41) is 2.67. The first-order valence-electron chi connectivity index (χ1n) is 6.78. The van der Waals surface area contributed by atoms with E-state index < -0.39 is 0 Å². The molecule has 0 spiro atoms. The van der Waals surface area contributed by atoms with Crippen molar-refractivity contribution in [2.24, 2.45) is 5.73 Å². The molecular formula is C16H20N2O. The second kappa shape index (κ2) is 5.29. The Morgan fingerprint density at radius 3 is 2.89 bits per heavy atom. The topological polar surface area (TPSA) is 38.5 Å². The van der Waals surface area contributed by atoms with Crippen LogP contribution in [0.15, 0.2) is 36.4 Å². The van der Waals surface area contributed by atoms with Crippen molar-refractivity contribution in [3.05, 3.63) is 47.5 Å². The summed E-state index contributed by atoms with van der Waals surface area (Å²) in [6.07, 6.45) is 0. The van der Waals surface area contributed by atoms with Gasteiger partial charge in [0.25, 0.3) is 0 Å². The molecule has 0 saturated carbocycles. The Balaban J connectivity index is 2.02. The molecule has 1 atom stereocenters. The van der Waals surface area contributed by atoms with E-state index in [1.807, 2.05) is 0 Å². The molecule has 3 heteroatoms. The van der Waals surface area contributed by atoms with Gasteiger partial charge in [0.1, 0.15) is 0 Å². The van der Waals surface area contributed by atoms with Crippen LogP contribution in [0.25, 0.3) is 10.8 Å². The Hall–Kier alpha value is -1.42. The second-order valence-corrected chi connectivity index (χ2v) is 5.07. The molecule has 2 aromatic carbocycles. The van der Waals surface area contributed by atoms with Gasteiger partial charge in [0, 0.05) is 32.8 Å². The van der Waals surface area contributed by atoms with Crippen molar-refractivity contribution in [1.82, 2.24) is 4.90 Å². The summed E-state index contributed by atoms with van der Waals surface area (Å²) in [5.41, 5.74) is 8.79. The number of methoxy groups -OCH3 is 1. The average Bonchev–Trinajstić information content (AvgIpc) is 2.82. The minimum atomic E-state index is 0.328. The van der Waals surface area contributed by atoms with E-state index >= 15 is 0 Å². The predicted octanol–water partition coefficient (Wildman–Crippen LogP) is 2.30. The van der Waals surface area contributed by atoms with Gasteiger partial charge in [-0.05, 0) is 21.9 Å². The smallest absolute Gasteiger partial charge is 0.0590 e. The average molecular weight is 256 g/mol. The summed E-state index contributed by atoms with van der Waals surface area (Å²) in [6, 6.07) is 13.4. The molecule has 2 aromatic rings. The first-order chi connectivity index (χ1) is 9.35. The lowest BCUT2D eigenvalue weighted by Crippen LogP contribution is -2.30. The van der Waals surface area contributed by atoms with Crippen LogP contribution in [0.1, 0.15) is 17.2 Å². The number of hydrogen-bond acceptors (Lipinski definition) is 3. The van der Waals surface area contributed by atoms with Crippen molar-refractivity contribution in [2.75, 3.05) is 26.8 Å². The van der Waals surface area contributed by atoms with E-state index in [0.29, 0.717) is 12.6 Å². The number of ether oxygens (including phenoxy) is 1. The fraction of sp³-hybridized carbons (Fsp3) is 0.375. The number of nitrogens with two attached hydrogens (primary N) is 1. The summed E-state index contributed by atoms with van der Waals surface area (Å²) < 4.78 is 5.20. The third-order valence-electron chi connectivity index (χ3n) is 4.04. The lowest BCUT2D eigenvalue weighted by molar-refractivity contribution is 0.128. The molecule has 0 aromatic heterocycles. The lowest BCUT2D eigenvalue weighted by atomic mass is 9.98. The molecule has 0 aliphatic carbocycles. The molecule has 100 valence electrons. The minimum Gasteiger partial charge on any atom is -0.383 e. The van der Waals surface area contributed by atoms with Crippen molar-refractivity contribution < 1.29 is 4.74 Å². The summed E-state index contributed by atoms with van der Waals surface area (Å²) in [6.45, 7) is 3.32. The van der Waals surface area contributed by atoms with E-state index in [1.54, 1.807) is 7.11 Å². The molecular weight excluding hydrogens is 236 g/mol. The highest BCUT2D eigenvalue weighted by Crippen LogP contribution is 2.37. The highest BCUT2D eigenvalue weighted by Gasteiger charge is 2.29. The predicted molar refractivity (Wildman–Crippen MR) is 78.0 cm³/mol. The summed E-state index contributed by atoms with van der Waals surface area (Å²) in [7, 11) is 1.75. The van der Waals surface area contributed by atoms with Gasteiger partial charge in [-0.1, -0.05) is 36.4 Å². The van der Waals surface area contributed by atoms with Crippen molar-refractivity contribution >= 4 is 10.8 Å². The van der Waals surface area contributed by atoms with Crippen LogP contribution in [0.4, 0.5) is 0 Å². The first-order valence-corrected chi connectivity index (χ1v) is 6.78. The van der Waals surface area contributed by atoms with Gasteiger partial charge in [-0.2, -0.15) is 0 Å². The number of nitrogens with zero attached hydrogens (tertiary/aromatic N) is 1. The Bertz CT molecular complexity index is 582. The number of rotatable bonds is 4. The maximum absolute atomic E-state index is 5.97. The van der Waals surface area contributed by atoms with Gasteiger partial charge in [0.2, 0.25) is 0 Å². The zero-order valence-electron chi connectivity index (χ0n) is 11.3. The highest BCUT2D eigenvalue weighted by atomic mass is 16.5. The van der Waals surface area contributed by atoms with Gasteiger partial charge in [0.05, 0.1) is 6.61 Å². The molecule has 0 saturated heterocycles. The van der Waals surface area contributed by atoms with Gasteiger partial charge in [-0.3, -0.25) is 4.90 Å². The number of benzene rings is 2. The van der Waals surface area contributed by atoms with Crippen molar-refractivity contribution in [3.8, 4) is 0 Å². The van der Waals surface area contributed by atoms with Gasteiger partial charge < -0.3 is 10.5 Å². The molecule has 19 heavy (non-hydrogen) atoms. The van der Waals surface area contributed by atoms with E-state index in [4.69, 9.17) is 10.5 Å². The molecule has 1 aliphatic rings. The lowest BCUT2D eigenvalue weighted by Gasteiger charge is -2.23. The SMILES string of the molecule is COCCN1Cc2c(ccc3ccccc23)C1CN. The van der Waals surface area contributed by atoms with Crippen LogP contribution in [0.2, 0.25) is 0 Å². The van der Waals surface area contributed by atoms with Crippen LogP contribution in [0.5, 0.6) is 0 Å². The number of hydrogen-bond donors (Lipinski definition) is 1.